The molecule has 2 aromatic carbocycles. The van der Waals surface area contributed by atoms with Crippen LogP contribution in [0.2, 0.25) is 0 Å². The Hall–Kier alpha value is -2.14. The second-order valence-corrected chi connectivity index (χ2v) is 5.02. The molecule has 3 rings (SSSR count). The Labute approximate surface area is 120 Å². The zero-order valence-corrected chi connectivity index (χ0v) is 11.9. The van der Waals surface area contributed by atoms with Crippen molar-refractivity contribution in [1.29, 1.82) is 0 Å². The van der Waals surface area contributed by atoms with Gasteiger partial charge in [0.05, 0.1) is 23.8 Å². The molecule has 102 valence electrons. The van der Waals surface area contributed by atoms with Crippen LogP contribution in [-0.2, 0) is 0 Å². The van der Waals surface area contributed by atoms with Crippen LogP contribution in [0.25, 0.3) is 16.7 Å². The highest BCUT2D eigenvalue weighted by molar-refractivity contribution is 7.71. The third-order valence-electron chi connectivity index (χ3n) is 3.18. The number of fused-ring (bicyclic) bond motifs is 1. The molecule has 0 fully saturated rings. The molecule has 0 radical (unpaired) electrons. The summed E-state index contributed by atoms with van der Waals surface area (Å²) in [4.78, 5) is 3.12. The fraction of sp³-hybridized carbons (Fsp3) is 0.133. The first-order chi connectivity index (χ1) is 9.58. The molecule has 0 saturated heterocycles. The molecule has 1 N–H and O–H groups in total. The van der Waals surface area contributed by atoms with Crippen LogP contribution in [0, 0.1) is 17.5 Å². The Morgan fingerprint density at radius 1 is 1.20 bits per heavy atom. The normalized spacial score (nSPS) is 10.9. The van der Waals surface area contributed by atoms with E-state index < -0.39 is 0 Å². The Morgan fingerprint density at radius 2 is 2.00 bits per heavy atom. The van der Waals surface area contributed by atoms with Crippen LogP contribution >= 0.6 is 12.2 Å². The van der Waals surface area contributed by atoms with Gasteiger partial charge in [-0.05, 0) is 55.0 Å². The van der Waals surface area contributed by atoms with Gasteiger partial charge in [0.15, 0.2) is 4.77 Å². The number of ether oxygens (including phenoxy) is 1. The Kier molecular flexibility index (Phi) is 3.06. The van der Waals surface area contributed by atoms with Gasteiger partial charge in [-0.25, -0.2) is 4.39 Å². The predicted octanol–water partition coefficient (Wildman–Crippen LogP) is 4.14. The zero-order valence-electron chi connectivity index (χ0n) is 11.1. The minimum atomic E-state index is -0.279. The largest absolute Gasteiger partial charge is 0.497 e. The van der Waals surface area contributed by atoms with E-state index in [-0.39, 0.29) is 5.82 Å². The van der Waals surface area contributed by atoms with Gasteiger partial charge in [-0.3, -0.25) is 4.57 Å². The molecule has 0 atom stereocenters. The van der Waals surface area contributed by atoms with Crippen molar-refractivity contribution in [3.63, 3.8) is 0 Å². The number of H-pyrrole nitrogens is 1. The molecule has 0 amide bonds. The van der Waals surface area contributed by atoms with E-state index in [4.69, 9.17) is 17.0 Å². The quantitative estimate of drug-likeness (QED) is 0.718. The number of imidazole rings is 1. The molecule has 0 aliphatic carbocycles. The Bertz CT molecular complexity index is 830. The van der Waals surface area contributed by atoms with Gasteiger partial charge in [-0.1, -0.05) is 0 Å². The number of halogens is 1. The number of rotatable bonds is 2. The van der Waals surface area contributed by atoms with Gasteiger partial charge in [0.2, 0.25) is 0 Å². The first-order valence-corrected chi connectivity index (χ1v) is 6.55. The average Bonchev–Trinajstić information content (AvgIpc) is 2.72. The number of nitrogens with zero attached hydrogens (tertiary/aromatic N) is 1. The first kappa shape index (κ1) is 12.9. The fourth-order valence-electron chi connectivity index (χ4n) is 2.31. The standard InChI is InChI=1S/C15H13FN2OS/c1-9-5-10(16)7-11(6-9)18-14-8-12(19-2)3-4-13(14)17-15(18)20/h3-8H,1-2H3,(H,17,20). The predicted molar refractivity (Wildman–Crippen MR) is 79.7 cm³/mol. The summed E-state index contributed by atoms with van der Waals surface area (Å²) in [5.41, 5.74) is 3.29. The third kappa shape index (κ3) is 2.10. The molecule has 0 aliphatic rings. The minimum Gasteiger partial charge on any atom is -0.497 e. The van der Waals surface area contributed by atoms with Crippen molar-refractivity contribution >= 4 is 23.3 Å². The smallest absolute Gasteiger partial charge is 0.182 e. The van der Waals surface area contributed by atoms with Gasteiger partial charge in [0.25, 0.3) is 0 Å². The maximum Gasteiger partial charge on any atom is 0.182 e. The first-order valence-electron chi connectivity index (χ1n) is 6.15. The van der Waals surface area contributed by atoms with Gasteiger partial charge in [-0.2, -0.15) is 0 Å². The SMILES string of the molecule is COc1ccc2[nH]c(=S)n(-c3cc(C)cc(F)c3)c2c1. The Balaban J connectivity index is 2.34. The molecule has 5 heteroatoms. The van der Waals surface area contributed by atoms with Crippen LogP contribution in [0.5, 0.6) is 5.75 Å². The highest BCUT2D eigenvalue weighted by Gasteiger charge is 2.09. The van der Waals surface area contributed by atoms with Crippen molar-refractivity contribution in [2.75, 3.05) is 7.11 Å². The molecule has 3 nitrogen and oxygen atoms in total. The minimum absolute atomic E-state index is 0.279. The van der Waals surface area contributed by atoms with Crippen LogP contribution < -0.4 is 4.74 Å². The lowest BCUT2D eigenvalue weighted by Gasteiger charge is -2.07. The van der Waals surface area contributed by atoms with Gasteiger partial charge >= 0.3 is 0 Å². The van der Waals surface area contributed by atoms with E-state index in [0.29, 0.717) is 10.5 Å². The molecular weight excluding hydrogens is 275 g/mol. The van der Waals surface area contributed by atoms with Crippen molar-refractivity contribution in [1.82, 2.24) is 9.55 Å². The summed E-state index contributed by atoms with van der Waals surface area (Å²) in [5.74, 6) is 0.451. The summed E-state index contributed by atoms with van der Waals surface area (Å²) < 4.78 is 21.2. The van der Waals surface area contributed by atoms with Gasteiger partial charge in [0.1, 0.15) is 11.6 Å². The molecule has 0 aliphatic heterocycles. The van der Waals surface area contributed by atoms with Crippen LogP contribution in [-0.4, -0.2) is 16.7 Å². The van der Waals surface area contributed by atoms with Gasteiger partial charge in [0, 0.05) is 6.07 Å². The molecular formula is C15H13FN2OS. The summed E-state index contributed by atoms with van der Waals surface area (Å²) in [6.07, 6.45) is 0. The van der Waals surface area contributed by atoms with E-state index in [1.807, 2.05) is 35.8 Å². The number of nitrogens with one attached hydrogen (secondary N) is 1. The van der Waals surface area contributed by atoms with Crippen molar-refractivity contribution in [3.8, 4) is 11.4 Å². The lowest BCUT2D eigenvalue weighted by molar-refractivity contribution is 0.415. The van der Waals surface area contributed by atoms with Crippen LogP contribution in [0.4, 0.5) is 4.39 Å². The van der Waals surface area contributed by atoms with Crippen molar-refractivity contribution in [2.24, 2.45) is 0 Å². The summed E-state index contributed by atoms with van der Waals surface area (Å²) in [7, 11) is 1.61. The summed E-state index contributed by atoms with van der Waals surface area (Å²) in [5, 5.41) is 0. The third-order valence-corrected chi connectivity index (χ3v) is 3.46. The number of aromatic amines is 1. The van der Waals surface area contributed by atoms with E-state index in [2.05, 4.69) is 4.98 Å². The maximum atomic E-state index is 13.6. The van der Waals surface area contributed by atoms with Crippen molar-refractivity contribution < 1.29 is 9.13 Å². The number of hydrogen-bond acceptors (Lipinski definition) is 2. The van der Waals surface area contributed by atoms with Gasteiger partial charge in [-0.15, -0.1) is 0 Å². The van der Waals surface area contributed by atoms with Gasteiger partial charge < -0.3 is 9.72 Å². The molecule has 1 heterocycles. The second kappa shape index (κ2) is 4.76. The van der Waals surface area contributed by atoms with Crippen LogP contribution in [0.15, 0.2) is 36.4 Å². The van der Waals surface area contributed by atoms with Crippen LogP contribution in [0.1, 0.15) is 5.56 Å². The fourth-order valence-corrected chi connectivity index (χ4v) is 2.63. The number of aromatic nitrogens is 2. The molecule has 0 saturated carbocycles. The maximum absolute atomic E-state index is 13.6. The van der Waals surface area contributed by atoms with E-state index in [0.717, 1.165) is 22.3 Å². The van der Waals surface area contributed by atoms with Crippen LogP contribution in [0.3, 0.4) is 0 Å². The number of aryl methyl sites for hydroxylation is 1. The Morgan fingerprint density at radius 3 is 2.70 bits per heavy atom. The topological polar surface area (TPSA) is 29.9 Å². The molecule has 1 aromatic heterocycles. The highest BCUT2D eigenvalue weighted by atomic mass is 32.1. The molecule has 0 unspecified atom stereocenters. The average molecular weight is 288 g/mol. The summed E-state index contributed by atoms with van der Waals surface area (Å²) in [6, 6.07) is 10.5. The summed E-state index contributed by atoms with van der Waals surface area (Å²) in [6.45, 7) is 1.85. The number of benzene rings is 2. The van der Waals surface area contributed by atoms with E-state index in [9.17, 15) is 4.39 Å². The zero-order chi connectivity index (χ0) is 14.3. The second-order valence-electron chi connectivity index (χ2n) is 4.64. The highest BCUT2D eigenvalue weighted by Crippen LogP contribution is 2.24. The number of hydrogen-bond donors (Lipinski definition) is 1. The monoisotopic (exact) mass is 288 g/mol. The van der Waals surface area contributed by atoms with E-state index in [1.54, 1.807) is 7.11 Å². The van der Waals surface area contributed by atoms with E-state index in [1.165, 1.54) is 12.1 Å². The van der Waals surface area contributed by atoms with E-state index >= 15 is 0 Å². The van der Waals surface area contributed by atoms with Crippen molar-refractivity contribution in [3.05, 3.63) is 52.5 Å². The van der Waals surface area contributed by atoms with Crippen molar-refractivity contribution in [2.45, 2.75) is 6.92 Å². The molecule has 0 bridgehead atoms. The molecule has 3 aromatic rings. The molecule has 0 spiro atoms. The number of methoxy groups -OCH3 is 1. The molecule has 20 heavy (non-hydrogen) atoms. The summed E-state index contributed by atoms with van der Waals surface area (Å²) >= 11 is 5.35. The lowest BCUT2D eigenvalue weighted by Crippen LogP contribution is -1.96. The lowest BCUT2D eigenvalue weighted by atomic mass is 10.2.